The predicted molar refractivity (Wildman–Crippen MR) is 85.7 cm³/mol. The van der Waals surface area contributed by atoms with Crippen molar-refractivity contribution in [3.63, 3.8) is 0 Å². The van der Waals surface area contributed by atoms with Crippen LogP contribution in [0.4, 0.5) is 0 Å². The van der Waals surface area contributed by atoms with Crippen molar-refractivity contribution < 1.29 is 4.43 Å². The predicted octanol–water partition coefficient (Wildman–Crippen LogP) is 5.57. The molecule has 0 spiro atoms. The summed E-state index contributed by atoms with van der Waals surface area (Å²) in [5.74, 6) is 0.441. The molecule has 0 saturated carbocycles. The van der Waals surface area contributed by atoms with Gasteiger partial charge in [-0.05, 0) is 35.8 Å². The zero-order valence-corrected chi connectivity index (χ0v) is 15.0. The molecule has 0 radical (unpaired) electrons. The van der Waals surface area contributed by atoms with Gasteiger partial charge in [-0.2, -0.15) is 0 Å². The smallest absolute Gasteiger partial charge is 0.192 e. The van der Waals surface area contributed by atoms with Crippen molar-refractivity contribution in [1.82, 2.24) is 0 Å². The van der Waals surface area contributed by atoms with Crippen molar-refractivity contribution in [3.05, 3.63) is 34.3 Å². The molecule has 1 atom stereocenters. The monoisotopic (exact) mass is 328 g/mol. The fourth-order valence-corrected chi connectivity index (χ4v) is 2.98. The summed E-state index contributed by atoms with van der Waals surface area (Å²) in [6, 6.07) is 8.50. The van der Waals surface area contributed by atoms with E-state index in [9.17, 15) is 0 Å². The van der Waals surface area contributed by atoms with Crippen LogP contribution in [0.2, 0.25) is 18.1 Å². The Hall–Kier alpha value is -0.123. The van der Waals surface area contributed by atoms with Gasteiger partial charge < -0.3 is 4.43 Å². The van der Waals surface area contributed by atoms with Gasteiger partial charge in [0.1, 0.15) is 0 Å². The maximum absolute atomic E-state index is 6.27. The molecule has 102 valence electrons. The van der Waals surface area contributed by atoms with Gasteiger partial charge in [0.2, 0.25) is 0 Å². The number of halogens is 1. The van der Waals surface area contributed by atoms with Crippen LogP contribution < -0.4 is 0 Å². The molecule has 0 heterocycles. The minimum Gasteiger partial charge on any atom is -0.416 e. The number of benzene rings is 1. The molecule has 0 saturated heterocycles. The lowest BCUT2D eigenvalue weighted by atomic mass is 10.0. The summed E-state index contributed by atoms with van der Waals surface area (Å²) in [5.41, 5.74) is 1.34. The second-order valence-corrected chi connectivity index (χ2v) is 12.3. The lowest BCUT2D eigenvalue weighted by Crippen LogP contribution is -2.41. The Kier molecular flexibility index (Phi) is 5.21. The average Bonchev–Trinajstić information content (AvgIpc) is 2.24. The molecule has 0 bridgehead atoms. The first-order chi connectivity index (χ1) is 8.13. The van der Waals surface area contributed by atoms with Crippen LogP contribution in [-0.2, 0) is 4.43 Å². The van der Waals surface area contributed by atoms with Crippen molar-refractivity contribution in [2.45, 2.75) is 51.7 Å². The molecule has 1 rings (SSSR count). The molecule has 1 nitrogen and oxygen atoms in total. The minimum absolute atomic E-state index is 0.282. The van der Waals surface area contributed by atoms with E-state index >= 15 is 0 Å². The first-order valence-corrected chi connectivity index (χ1v) is 10.2. The Bertz CT molecular complexity index is 396. The number of hydrogen-bond donors (Lipinski definition) is 0. The highest BCUT2D eigenvalue weighted by atomic mass is 79.9. The summed E-state index contributed by atoms with van der Waals surface area (Å²) in [4.78, 5) is 0. The third-order valence-corrected chi connectivity index (χ3v) is 8.91. The summed E-state index contributed by atoms with van der Waals surface area (Å²) < 4.78 is 7.41. The van der Waals surface area contributed by atoms with Crippen LogP contribution in [0, 0.1) is 0 Å². The molecule has 1 aromatic carbocycles. The van der Waals surface area contributed by atoms with E-state index in [1.165, 1.54) is 5.56 Å². The van der Waals surface area contributed by atoms with Gasteiger partial charge >= 0.3 is 0 Å². The number of hydrogen-bond acceptors (Lipinski definition) is 1. The molecule has 0 aliphatic heterocycles. The molecule has 1 unspecified atom stereocenters. The SMILES string of the molecule is CC(CO[Si](C)(C)C(C)(C)C)c1cccc(Br)c1. The first-order valence-electron chi connectivity index (χ1n) is 6.53. The van der Waals surface area contributed by atoms with E-state index in [-0.39, 0.29) is 5.04 Å². The van der Waals surface area contributed by atoms with E-state index in [1.807, 2.05) is 0 Å². The van der Waals surface area contributed by atoms with Gasteiger partial charge in [-0.1, -0.05) is 55.8 Å². The van der Waals surface area contributed by atoms with Crippen LogP contribution >= 0.6 is 15.9 Å². The molecule has 0 aliphatic rings. The average molecular weight is 329 g/mol. The lowest BCUT2D eigenvalue weighted by molar-refractivity contribution is 0.269. The lowest BCUT2D eigenvalue weighted by Gasteiger charge is -2.37. The maximum atomic E-state index is 6.27. The molecule has 18 heavy (non-hydrogen) atoms. The van der Waals surface area contributed by atoms with Crippen LogP contribution in [-0.4, -0.2) is 14.9 Å². The largest absolute Gasteiger partial charge is 0.416 e. The molecule has 0 aromatic heterocycles. The minimum atomic E-state index is -1.63. The Morgan fingerprint density at radius 2 is 1.89 bits per heavy atom. The third kappa shape index (κ3) is 4.21. The van der Waals surface area contributed by atoms with Gasteiger partial charge in [0.25, 0.3) is 0 Å². The van der Waals surface area contributed by atoms with E-state index in [0.717, 1.165) is 11.1 Å². The molecule has 3 heteroatoms. The Morgan fingerprint density at radius 3 is 2.39 bits per heavy atom. The second-order valence-electron chi connectivity index (χ2n) is 6.53. The molecule has 0 fully saturated rings. The summed E-state index contributed by atoms with van der Waals surface area (Å²) in [6.45, 7) is 14.5. The summed E-state index contributed by atoms with van der Waals surface area (Å²) >= 11 is 3.52. The van der Waals surface area contributed by atoms with Gasteiger partial charge in [0, 0.05) is 17.0 Å². The highest BCUT2D eigenvalue weighted by Gasteiger charge is 2.37. The van der Waals surface area contributed by atoms with Crippen LogP contribution in [0.15, 0.2) is 28.7 Å². The molecule has 0 N–H and O–H groups in total. The molecule has 1 aromatic rings. The number of rotatable bonds is 4. The van der Waals surface area contributed by atoms with Gasteiger partial charge in [0.05, 0.1) is 0 Å². The van der Waals surface area contributed by atoms with E-state index in [4.69, 9.17) is 4.43 Å². The van der Waals surface area contributed by atoms with E-state index in [2.05, 4.69) is 81.0 Å². The Morgan fingerprint density at radius 1 is 1.28 bits per heavy atom. The fraction of sp³-hybridized carbons (Fsp3) is 0.600. The summed E-state index contributed by atoms with van der Waals surface area (Å²) in [7, 11) is -1.63. The maximum Gasteiger partial charge on any atom is 0.192 e. The van der Waals surface area contributed by atoms with Crippen molar-refractivity contribution in [2.75, 3.05) is 6.61 Å². The molecular weight excluding hydrogens is 304 g/mol. The van der Waals surface area contributed by atoms with Gasteiger partial charge in [0.15, 0.2) is 8.32 Å². The molecule has 0 aliphatic carbocycles. The zero-order valence-electron chi connectivity index (χ0n) is 12.4. The molecule has 0 amide bonds. The summed E-state index contributed by atoms with van der Waals surface area (Å²) in [6.07, 6.45) is 0. The van der Waals surface area contributed by atoms with Crippen LogP contribution in [0.1, 0.15) is 39.2 Å². The second kappa shape index (κ2) is 5.89. The van der Waals surface area contributed by atoms with Crippen LogP contribution in [0.25, 0.3) is 0 Å². The standard InChI is InChI=1S/C15H25BrOSi/c1-12(13-8-7-9-14(16)10-13)11-17-18(5,6)15(2,3)4/h7-10,12H,11H2,1-6H3. The highest BCUT2D eigenvalue weighted by Crippen LogP contribution is 2.37. The Labute approximate surface area is 121 Å². The fourth-order valence-electron chi connectivity index (χ4n) is 1.46. The third-order valence-electron chi connectivity index (χ3n) is 3.92. The van der Waals surface area contributed by atoms with Gasteiger partial charge in [-0.15, -0.1) is 0 Å². The van der Waals surface area contributed by atoms with E-state index in [0.29, 0.717) is 5.92 Å². The quantitative estimate of drug-likeness (QED) is 0.656. The van der Waals surface area contributed by atoms with Crippen molar-refractivity contribution >= 4 is 24.2 Å². The normalized spacial score (nSPS) is 14.6. The van der Waals surface area contributed by atoms with Crippen molar-refractivity contribution in [2.24, 2.45) is 0 Å². The Balaban J connectivity index is 2.64. The van der Waals surface area contributed by atoms with Crippen LogP contribution in [0.3, 0.4) is 0 Å². The van der Waals surface area contributed by atoms with E-state index in [1.54, 1.807) is 0 Å². The molecular formula is C15H25BrOSi. The van der Waals surface area contributed by atoms with E-state index < -0.39 is 8.32 Å². The summed E-state index contributed by atoms with van der Waals surface area (Å²) in [5, 5.41) is 0.282. The highest BCUT2D eigenvalue weighted by molar-refractivity contribution is 9.10. The van der Waals surface area contributed by atoms with Crippen molar-refractivity contribution in [1.29, 1.82) is 0 Å². The van der Waals surface area contributed by atoms with Gasteiger partial charge in [-0.25, -0.2) is 0 Å². The first kappa shape index (κ1) is 15.9. The zero-order chi connectivity index (χ0) is 14.0. The van der Waals surface area contributed by atoms with Gasteiger partial charge in [-0.3, -0.25) is 0 Å². The van der Waals surface area contributed by atoms with Crippen LogP contribution in [0.5, 0.6) is 0 Å². The van der Waals surface area contributed by atoms with Crippen molar-refractivity contribution in [3.8, 4) is 0 Å². The topological polar surface area (TPSA) is 9.23 Å².